The van der Waals surface area contributed by atoms with Crippen LogP contribution in [0.5, 0.6) is 0 Å². The van der Waals surface area contributed by atoms with Crippen LogP contribution in [0, 0.1) is 5.82 Å². The summed E-state index contributed by atoms with van der Waals surface area (Å²) in [5.74, 6) is -0.516. The van der Waals surface area contributed by atoms with Crippen molar-refractivity contribution in [3.8, 4) is 0 Å². The molecule has 1 rings (SSSR count). The van der Waals surface area contributed by atoms with Crippen LogP contribution in [0.4, 0.5) is 4.39 Å². The van der Waals surface area contributed by atoms with Gasteiger partial charge in [-0.1, -0.05) is 12.1 Å². The molecule has 1 amide bonds. The van der Waals surface area contributed by atoms with Gasteiger partial charge in [-0.25, -0.2) is 4.39 Å². The molecule has 0 fully saturated rings. The summed E-state index contributed by atoms with van der Waals surface area (Å²) in [6.07, 6.45) is -0.504. The molecule has 3 nitrogen and oxygen atoms in total. The van der Waals surface area contributed by atoms with Gasteiger partial charge >= 0.3 is 0 Å². The van der Waals surface area contributed by atoms with Gasteiger partial charge in [0.05, 0.1) is 6.04 Å². The van der Waals surface area contributed by atoms with Gasteiger partial charge < -0.3 is 10.1 Å². The van der Waals surface area contributed by atoms with Crippen molar-refractivity contribution in [2.24, 2.45) is 0 Å². The van der Waals surface area contributed by atoms with Crippen LogP contribution in [0.2, 0.25) is 0 Å². The molecule has 0 aliphatic carbocycles. The Morgan fingerprint density at radius 3 is 2.69 bits per heavy atom. The van der Waals surface area contributed by atoms with Gasteiger partial charge in [-0.15, -0.1) is 0 Å². The number of amides is 1. The topological polar surface area (TPSA) is 38.3 Å². The van der Waals surface area contributed by atoms with Crippen molar-refractivity contribution in [2.75, 3.05) is 7.11 Å². The normalized spacial score (nSPS) is 14.2. The highest BCUT2D eigenvalue weighted by Gasteiger charge is 2.15. The molecule has 1 unspecified atom stereocenters. The van der Waals surface area contributed by atoms with E-state index in [9.17, 15) is 9.18 Å². The molecule has 0 aliphatic rings. The van der Waals surface area contributed by atoms with E-state index in [1.54, 1.807) is 26.0 Å². The number of carbonyl (C=O) groups excluding carboxylic acids is 1. The molecule has 1 N–H and O–H groups in total. The van der Waals surface area contributed by atoms with Crippen molar-refractivity contribution in [3.63, 3.8) is 0 Å². The summed E-state index contributed by atoms with van der Waals surface area (Å²) in [4.78, 5) is 11.5. The molecule has 0 saturated carbocycles. The zero-order valence-corrected chi connectivity index (χ0v) is 9.66. The maximum atomic E-state index is 13.0. The first kappa shape index (κ1) is 12.6. The number of halogens is 1. The van der Waals surface area contributed by atoms with Crippen LogP contribution in [0.15, 0.2) is 24.3 Å². The second kappa shape index (κ2) is 5.61. The molecule has 1 aromatic rings. The Labute approximate surface area is 94.6 Å². The van der Waals surface area contributed by atoms with E-state index in [2.05, 4.69) is 5.32 Å². The second-order valence-corrected chi connectivity index (χ2v) is 3.66. The van der Waals surface area contributed by atoms with Crippen LogP contribution in [-0.4, -0.2) is 19.1 Å². The Morgan fingerprint density at radius 2 is 2.12 bits per heavy atom. The number of ether oxygens (including phenoxy) is 1. The van der Waals surface area contributed by atoms with E-state index in [-0.39, 0.29) is 17.8 Å². The molecule has 0 radical (unpaired) electrons. The number of hydrogen-bond donors (Lipinski definition) is 1. The lowest BCUT2D eigenvalue weighted by molar-refractivity contribution is -0.130. The first-order valence-electron chi connectivity index (χ1n) is 5.13. The Balaban J connectivity index is 2.65. The lowest BCUT2D eigenvalue weighted by atomic mass is 10.1. The monoisotopic (exact) mass is 225 g/mol. The molecular weight excluding hydrogens is 209 g/mol. The molecule has 0 heterocycles. The zero-order chi connectivity index (χ0) is 12.1. The standard InChI is InChI=1S/C12H16FNO2/c1-8(14-12(15)9(2)16-3)10-5-4-6-11(13)7-10/h4-9H,1-3H3,(H,14,15)/t8-,9?/m1/s1. The van der Waals surface area contributed by atoms with Gasteiger partial charge in [0.15, 0.2) is 0 Å². The minimum Gasteiger partial charge on any atom is -0.372 e. The predicted molar refractivity (Wildman–Crippen MR) is 59.4 cm³/mol. The minimum atomic E-state index is -0.504. The van der Waals surface area contributed by atoms with Gasteiger partial charge in [-0.2, -0.15) is 0 Å². The van der Waals surface area contributed by atoms with E-state index >= 15 is 0 Å². The van der Waals surface area contributed by atoms with Gasteiger partial charge in [0.1, 0.15) is 11.9 Å². The van der Waals surface area contributed by atoms with Gasteiger partial charge in [0.25, 0.3) is 0 Å². The number of methoxy groups -OCH3 is 1. The quantitative estimate of drug-likeness (QED) is 0.851. The molecule has 4 heteroatoms. The molecule has 0 aliphatic heterocycles. The number of carbonyl (C=O) groups is 1. The highest BCUT2D eigenvalue weighted by atomic mass is 19.1. The Hall–Kier alpha value is -1.42. The largest absolute Gasteiger partial charge is 0.372 e. The molecular formula is C12H16FNO2. The van der Waals surface area contributed by atoms with Crippen molar-refractivity contribution in [2.45, 2.75) is 26.0 Å². The fraction of sp³-hybridized carbons (Fsp3) is 0.417. The minimum absolute atomic E-state index is 0.209. The first-order chi connectivity index (χ1) is 7.54. The number of rotatable bonds is 4. The smallest absolute Gasteiger partial charge is 0.249 e. The molecule has 0 saturated heterocycles. The summed E-state index contributed by atoms with van der Waals surface area (Å²) in [7, 11) is 1.47. The van der Waals surface area contributed by atoms with Crippen LogP contribution in [0.1, 0.15) is 25.5 Å². The molecule has 2 atom stereocenters. The van der Waals surface area contributed by atoms with Gasteiger partial charge in [-0.05, 0) is 31.5 Å². The van der Waals surface area contributed by atoms with Crippen LogP contribution in [0.25, 0.3) is 0 Å². The first-order valence-corrected chi connectivity index (χ1v) is 5.13. The lowest BCUT2D eigenvalue weighted by Gasteiger charge is -2.17. The van der Waals surface area contributed by atoms with Crippen LogP contribution < -0.4 is 5.32 Å². The van der Waals surface area contributed by atoms with Crippen molar-refractivity contribution in [1.29, 1.82) is 0 Å². The van der Waals surface area contributed by atoms with Gasteiger partial charge in [0.2, 0.25) is 5.91 Å². The van der Waals surface area contributed by atoms with E-state index < -0.39 is 6.10 Å². The van der Waals surface area contributed by atoms with Gasteiger partial charge in [-0.3, -0.25) is 4.79 Å². The predicted octanol–water partition coefficient (Wildman–Crippen LogP) is 2.04. The molecule has 0 spiro atoms. The summed E-state index contributed by atoms with van der Waals surface area (Å²) < 4.78 is 17.8. The summed E-state index contributed by atoms with van der Waals surface area (Å²) in [6, 6.07) is 5.93. The average Bonchev–Trinajstić information content (AvgIpc) is 2.27. The third-order valence-electron chi connectivity index (χ3n) is 2.43. The summed E-state index contributed by atoms with van der Waals surface area (Å²) in [6.45, 7) is 3.46. The van der Waals surface area contributed by atoms with Crippen LogP contribution in [-0.2, 0) is 9.53 Å². The van der Waals surface area contributed by atoms with Crippen molar-refractivity contribution < 1.29 is 13.9 Å². The lowest BCUT2D eigenvalue weighted by Crippen LogP contribution is -2.35. The molecule has 88 valence electrons. The highest BCUT2D eigenvalue weighted by Crippen LogP contribution is 2.13. The maximum Gasteiger partial charge on any atom is 0.249 e. The average molecular weight is 225 g/mol. The van der Waals surface area contributed by atoms with E-state index in [0.29, 0.717) is 0 Å². The fourth-order valence-corrected chi connectivity index (χ4v) is 1.30. The third kappa shape index (κ3) is 3.31. The fourth-order valence-electron chi connectivity index (χ4n) is 1.30. The van der Waals surface area contributed by atoms with Crippen molar-refractivity contribution in [1.82, 2.24) is 5.32 Å². The molecule has 0 bridgehead atoms. The van der Waals surface area contributed by atoms with Crippen LogP contribution in [0.3, 0.4) is 0 Å². The number of benzene rings is 1. The number of nitrogens with one attached hydrogen (secondary N) is 1. The van der Waals surface area contributed by atoms with E-state index in [1.807, 2.05) is 0 Å². The van der Waals surface area contributed by atoms with Crippen LogP contribution >= 0.6 is 0 Å². The summed E-state index contributed by atoms with van der Waals surface area (Å²) >= 11 is 0. The Bertz CT molecular complexity index is 368. The maximum absolute atomic E-state index is 13.0. The van der Waals surface area contributed by atoms with E-state index in [4.69, 9.17) is 4.74 Å². The zero-order valence-electron chi connectivity index (χ0n) is 9.66. The highest BCUT2D eigenvalue weighted by molar-refractivity contribution is 5.80. The Kier molecular flexibility index (Phi) is 4.43. The second-order valence-electron chi connectivity index (χ2n) is 3.66. The van der Waals surface area contributed by atoms with Gasteiger partial charge in [0, 0.05) is 7.11 Å². The molecule has 16 heavy (non-hydrogen) atoms. The Morgan fingerprint density at radius 1 is 1.44 bits per heavy atom. The third-order valence-corrected chi connectivity index (χ3v) is 2.43. The molecule has 1 aromatic carbocycles. The summed E-state index contributed by atoms with van der Waals surface area (Å²) in [5, 5.41) is 2.74. The number of hydrogen-bond acceptors (Lipinski definition) is 2. The summed E-state index contributed by atoms with van der Waals surface area (Å²) in [5.41, 5.74) is 0.733. The van der Waals surface area contributed by atoms with E-state index in [0.717, 1.165) is 5.56 Å². The van der Waals surface area contributed by atoms with E-state index in [1.165, 1.54) is 19.2 Å². The van der Waals surface area contributed by atoms with Crippen molar-refractivity contribution >= 4 is 5.91 Å². The molecule has 0 aromatic heterocycles. The SMILES string of the molecule is COC(C)C(=O)N[C@H](C)c1cccc(F)c1. The van der Waals surface area contributed by atoms with Crippen molar-refractivity contribution in [3.05, 3.63) is 35.6 Å².